The summed E-state index contributed by atoms with van der Waals surface area (Å²) in [5.74, 6) is 3.60. The average molecular weight is 269 g/mol. The van der Waals surface area contributed by atoms with E-state index in [9.17, 15) is 0 Å². The maximum atomic E-state index is 4.65. The van der Waals surface area contributed by atoms with Crippen LogP contribution in [0.4, 0.5) is 0 Å². The lowest BCUT2D eigenvalue weighted by atomic mass is 10.2. The first-order valence-electron chi connectivity index (χ1n) is 5.79. The molecule has 17 heavy (non-hydrogen) atoms. The predicted octanol–water partition coefficient (Wildman–Crippen LogP) is 1.69. The summed E-state index contributed by atoms with van der Waals surface area (Å²) in [7, 11) is 0. The van der Waals surface area contributed by atoms with E-state index in [4.69, 9.17) is 0 Å². The van der Waals surface area contributed by atoms with E-state index in [1.54, 1.807) is 11.3 Å². The van der Waals surface area contributed by atoms with Crippen LogP contribution in [0.1, 0.15) is 36.6 Å². The molecule has 2 aromatic rings. The number of thioether (sulfide) groups is 1. The molecule has 1 fully saturated rings. The van der Waals surface area contributed by atoms with Crippen molar-refractivity contribution in [3.63, 3.8) is 0 Å². The molecule has 0 radical (unpaired) electrons. The highest BCUT2D eigenvalue weighted by Crippen LogP contribution is 2.26. The fraction of sp³-hybridized carbons (Fsp3) is 0.700. The lowest BCUT2D eigenvalue weighted by Gasteiger charge is -2.20. The Morgan fingerprint density at radius 1 is 1.41 bits per heavy atom. The van der Waals surface area contributed by atoms with Gasteiger partial charge in [-0.2, -0.15) is 21.4 Å². The third-order valence-electron chi connectivity index (χ3n) is 2.77. The maximum Gasteiger partial charge on any atom is 0.234 e. The Kier molecular flexibility index (Phi) is 3.06. The Balaban J connectivity index is 1.95. The van der Waals surface area contributed by atoms with Crippen molar-refractivity contribution in [3.05, 3.63) is 10.8 Å². The minimum absolute atomic E-state index is 0.355. The number of nitrogens with one attached hydrogen (secondary N) is 1. The highest BCUT2D eigenvalue weighted by Gasteiger charge is 2.21. The topological polar surface area (TPSA) is 55.1 Å². The monoisotopic (exact) mass is 269 g/mol. The summed E-state index contributed by atoms with van der Waals surface area (Å²) in [6, 6.07) is 0.375. The highest BCUT2D eigenvalue weighted by molar-refractivity contribution is 7.99. The van der Waals surface area contributed by atoms with Crippen LogP contribution in [0, 0.1) is 0 Å². The summed E-state index contributed by atoms with van der Waals surface area (Å²) in [6.45, 7) is 5.29. The van der Waals surface area contributed by atoms with Crippen molar-refractivity contribution in [1.82, 2.24) is 25.1 Å². The summed E-state index contributed by atoms with van der Waals surface area (Å²) in [5.41, 5.74) is 0. The van der Waals surface area contributed by atoms with Gasteiger partial charge in [-0.15, -0.1) is 10.2 Å². The molecule has 3 rings (SSSR count). The van der Waals surface area contributed by atoms with Crippen LogP contribution in [-0.4, -0.2) is 37.9 Å². The predicted molar refractivity (Wildman–Crippen MR) is 70.8 cm³/mol. The zero-order chi connectivity index (χ0) is 11.8. The van der Waals surface area contributed by atoms with E-state index >= 15 is 0 Å². The molecular formula is C10H15N5S2. The van der Waals surface area contributed by atoms with Gasteiger partial charge in [0.05, 0.1) is 6.04 Å². The van der Waals surface area contributed by atoms with Crippen LogP contribution in [0.3, 0.4) is 0 Å². The second-order valence-electron chi connectivity index (χ2n) is 4.43. The summed E-state index contributed by atoms with van der Waals surface area (Å²) in [4.78, 5) is 0.904. The van der Waals surface area contributed by atoms with Crippen LogP contribution in [0.2, 0.25) is 0 Å². The van der Waals surface area contributed by atoms with Crippen molar-refractivity contribution in [2.24, 2.45) is 0 Å². The van der Waals surface area contributed by atoms with Crippen molar-refractivity contribution < 1.29 is 0 Å². The Bertz CT molecular complexity index is 512. The van der Waals surface area contributed by atoms with Gasteiger partial charge in [0, 0.05) is 24.0 Å². The van der Waals surface area contributed by atoms with Crippen LogP contribution in [-0.2, 0) is 0 Å². The number of fused-ring (bicyclic) bond motifs is 1. The van der Waals surface area contributed by atoms with Crippen molar-refractivity contribution in [3.8, 4) is 0 Å². The van der Waals surface area contributed by atoms with Gasteiger partial charge in [-0.1, -0.05) is 25.2 Å². The maximum absolute atomic E-state index is 4.65. The lowest BCUT2D eigenvalue weighted by molar-refractivity contribution is 0.580. The quantitative estimate of drug-likeness (QED) is 0.899. The zero-order valence-electron chi connectivity index (χ0n) is 9.88. The number of aromatic nitrogens is 4. The first kappa shape index (κ1) is 11.4. The van der Waals surface area contributed by atoms with Crippen LogP contribution in [0.5, 0.6) is 0 Å². The Labute approximate surface area is 108 Å². The van der Waals surface area contributed by atoms with Gasteiger partial charge in [0.25, 0.3) is 0 Å². The lowest BCUT2D eigenvalue weighted by Crippen LogP contribution is -2.30. The fourth-order valence-corrected chi connectivity index (χ4v) is 3.84. The second-order valence-corrected chi connectivity index (χ2v) is 6.57. The molecule has 2 aromatic heterocycles. The smallest absolute Gasteiger partial charge is 0.234 e. The standard InChI is InChI=1S/C10H15N5S2/c1-6(2)8-12-13-10-15(8)14-9(17-10)7-5-16-4-3-11-7/h6-7,11H,3-5H2,1-2H3. The highest BCUT2D eigenvalue weighted by atomic mass is 32.2. The summed E-state index contributed by atoms with van der Waals surface area (Å²) in [5, 5.41) is 17.6. The van der Waals surface area contributed by atoms with Gasteiger partial charge in [-0.05, 0) is 0 Å². The SMILES string of the molecule is CC(C)c1nnc2sc(C3CSCCN3)nn12. The first-order chi connectivity index (χ1) is 8.25. The molecule has 0 aromatic carbocycles. The Hall–Kier alpha value is -0.660. The van der Waals surface area contributed by atoms with E-state index in [0.29, 0.717) is 12.0 Å². The zero-order valence-corrected chi connectivity index (χ0v) is 11.5. The van der Waals surface area contributed by atoms with Crippen molar-refractivity contribution in [2.45, 2.75) is 25.8 Å². The fourth-order valence-electron chi connectivity index (χ4n) is 1.87. The van der Waals surface area contributed by atoms with E-state index in [1.807, 2.05) is 16.3 Å². The molecule has 0 spiro atoms. The summed E-state index contributed by atoms with van der Waals surface area (Å²) >= 11 is 3.62. The normalized spacial score (nSPS) is 21.5. The van der Waals surface area contributed by atoms with Crippen molar-refractivity contribution >= 4 is 28.1 Å². The summed E-state index contributed by atoms with van der Waals surface area (Å²) in [6.07, 6.45) is 0. The van der Waals surface area contributed by atoms with Gasteiger partial charge in [0.15, 0.2) is 5.82 Å². The average Bonchev–Trinajstić information content (AvgIpc) is 2.88. The van der Waals surface area contributed by atoms with Crippen molar-refractivity contribution in [2.75, 3.05) is 18.1 Å². The van der Waals surface area contributed by atoms with Crippen LogP contribution >= 0.6 is 23.1 Å². The van der Waals surface area contributed by atoms with E-state index in [-0.39, 0.29) is 0 Å². The molecular weight excluding hydrogens is 254 g/mol. The van der Waals surface area contributed by atoms with Gasteiger partial charge >= 0.3 is 0 Å². The van der Waals surface area contributed by atoms with E-state index in [0.717, 1.165) is 28.1 Å². The van der Waals surface area contributed by atoms with Crippen LogP contribution in [0.15, 0.2) is 0 Å². The first-order valence-corrected chi connectivity index (χ1v) is 7.76. The molecule has 0 bridgehead atoms. The molecule has 3 heterocycles. The third-order valence-corrected chi connectivity index (χ3v) is 4.84. The summed E-state index contributed by atoms with van der Waals surface area (Å²) < 4.78 is 1.89. The largest absolute Gasteiger partial charge is 0.306 e. The molecule has 0 aliphatic carbocycles. The number of hydrogen-bond acceptors (Lipinski definition) is 6. The minimum atomic E-state index is 0.355. The molecule has 7 heteroatoms. The molecule has 0 amide bonds. The van der Waals surface area contributed by atoms with Gasteiger partial charge in [-0.3, -0.25) is 0 Å². The Morgan fingerprint density at radius 2 is 2.29 bits per heavy atom. The van der Waals surface area contributed by atoms with E-state index in [2.05, 4.69) is 34.5 Å². The number of hydrogen-bond donors (Lipinski definition) is 1. The van der Waals surface area contributed by atoms with Gasteiger partial charge in [0.2, 0.25) is 4.96 Å². The molecule has 92 valence electrons. The number of rotatable bonds is 2. The van der Waals surface area contributed by atoms with Gasteiger partial charge in [0.1, 0.15) is 5.01 Å². The molecule has 1 aliphatic heterocycles. The second kappa shape index (κ2) is 4.55. The molecule has 1 unspecified atom stereocenters. The van der Waals surface area contributed by atoms with Crippen LogP contribution in [0.25, 0.3) is 4.96 Å². The molecule has 0 saturated carbocycles. The molecule has 1 saturated heterocycles. The van der Waals surface area contributed by atoms with Gasteiger partial charge in [-0.25, -0.2) is 0 Å². The molecule has 1 atom stereocenters. The third kappa shape index (κ3) is 2.07. The van der Waals surface area contributed by atoms with Gasteiger partial charge < -0.3 is 5.32 Å². The van der Waals surface area contributed by atoms with E-state index < -0.39 is 0 Å². The Morgan fingerprint density at radius 3 is 3.00 bits per heavy atom. The van der Waals surface area contributed by atoms with Crippen LogP contribution < -0.4 is 5.32 Å². The number of nitrogens with zero attached hydrogens (tertiary/aromatic N) is 4. The molecule has 1 N–H and O–H groups in total. The van der Waals surface area contributed by atoms with Crippen molar-refractivity contribution in [1.29, 1.82) is 0 Å². The minimum Gasteiger partial charge on any atom is -0.306 e. The molecule has 1 aliphatic rings. The molecule has 5 nitrogen and oxygen atoms in total. The van der Waals surface area contributed by atoms with E-state index in [1.165, 1.54) is 5.75 Å².